The van der Waals surface area contributed by atoms with E-state index in [0.717, 1.165) is 12.8 Å². The SMILES string of the molecule is C[C@H]1[C@@H](O)O[C@@H]2O[C@](C)(O)CC[C@H]3[C@H](C)CC[C@@H]1[C@@]23O. The molecule has 0 radical (unpaired) electrons. The van der Waals surface area contributed by atoms with Gasteiger partial charge < -0.3 is 24.8 Å². The zero-order chi connectivity index (χ0) is 14.7. The fourth-order valence-corrected chi connectivity index (χ4v) is 4.55. The average Bonchev–Trinajstić information content (AvgIpc) is 2.44. The van der Waals surface area contributed by atoms with Crippen molar-refractivity contribution in [2.24, 2.45) is 23.7 Å². The molecule has 1 saturated carbocycles. The second-order valence-electron chi connectivity index (χ2n) is 7.20. The van der Waals surface area contributed by atoms with Crippen LogP contribution in [0.2, 0.25) is 0 Å². The molecule has 2 saturated heterocycles. The molecule has 0 bridgehead atoms. The number of aliphatic hydroxyl groups excluding tert-OH is 1. The maximum Gasteiger partial charge on any atom is 0.193 e. The van der Waals surface area contributed by atoms with Crippen molar-refractivity contribution in [3.8, 4) is 0 Å². The standard InChI is InChI=1S/C15H26O5/c1-8-4-5-11-9(2)12(16)19-13-15(11,18)10(8)6-7-14(3,17)20-13/h8-13,16-18H,4-7H2,1-3H3/t8-,9-,10+,11+,12+,13-,14+,15-/m1/s1. The van der Waals surface area contributed by atoms with Gasteiger partial charge in [0.05, 0.1) is 0 Å². The third-order valence-electron chi connectivity index (χ3n) is 5.81. The normalized spacial score (nSPS) is 59.7. The molecular weight excluding hydrogens is 260 g/mol. The van der Waals surface area contributed by atoms with Gasteiger partial charge in [-0.05, 0) is 38.0 Å². The summed E-state index contributed by atoms with van der Waals surface area (Å²) < 4.78 is 11.2. The second kappa shape index (κ2) is 4.65. The Morgan fingerprint density at radius 3 is 2.45 bits per heavy atom. The van der Waals surface area contributed by atoms with Gasteiger partial charge in [0.1, 0.15) is 5.60 Å². The zero-order valence-electron chi connectivity index (χ0n) is 12.5. The lowest BCUT2D eigenvalue weighted by Gasteiger charge is -2.56. The van der Waals surface area contributed by atoms with E-state index < -0.39 is 24.0 Å². The van der Waals surface area contributed by atoms with Crippen molar-refractivity contribution in [3.05, 3.63) is 0 Å². The Morgan fingerprint density at radius 2 is 1.75 bits per heavy atom. The minimum absolute atomic E-state index is 0.0372. The molecule has 1 aliphatic carbocycles. The van der Waals surface area contributed by atoms with Gasteiger partial charge in [0.15, 0.2) is 18.4 Å². The lowest BCUT2D eigenvalue weighted by molar-refractivity contribution is -0.402. The Balaban J connectivity index is 2.02. The van der Waals surface area contributed by atoms with Gasteiger partial charge in [-0.15, -0.1) is 0 Å². The summed E-state index contributed by atoms with van der Waals surface area (Å²) in [5.74, 6) is -1.09. The summed E-state index contributed by atoms with van der Waals surface area (Å²) >= 11 is 0. The first kappa shape index (κ1) is 14.7. The maximum atomic E-state index is 11.4. The molecule has 0 aromatic carbocycles. The second-order valence-corrected chi connectivity index (χ2v) is 7.20. The minimum atomic E-state index is -1.32. The highest BCUT2D eigenvalue weighted by Crippen LogP contribution is 2.55. The van der Waals surface area contributed by atoms with E-state index >= 15 is 0 Å². The molecule has 0 aromatic rings. The summed E-state index contributed by atoms with van der Waals surface area (Å²) in [6, 6.07) is 0. The third kappa shape index (κ3) is 2.03. The van der Waals surface area contributed by atoms with Gasteiger partial charge in [-0.1, -0.05) is 13.8 Å². The Labute approximate surface area is 119 Å². The predicted octanol–water partition coefficient (Wildman–Crippen LogP) is 1.21. The molecule has 0 aromatic heterocycles. The highest BCUT2D eigenvalue weighted by Gasteiger charge is 2.63. The number of aliphatic hydroxyl groups is 3. The van der Waals surface area contributed by atoms with Crippen LogP contribution in [0.3, 0.4) is 0 Å². The van der Waals surface area contributed by atoms with Crippen LogP contribution in [-0.4, -0.2) is 39.3 Å². The smallest absolute Gasteiger partial charge is 0.193 e. The molecule has 0 spiro atoms. The van der Waals surface area contributed by atoms with Gasteiger partial charge in [0, 0.05) is 18.3 Å². The molecule has 3 rings (SSSR count). The maximum absolute atomic E-state index is 11.4. The lowest BCUT2D eigenvalue weighted by Crippen LogP contribution is -2.66. The molecule has 5 nitrogen and oxygen atoms in total. The van der Waals surface area contributed by atoms with Gasteiger partial charge in [0.25, 0.3) is 0 Å². The van der Waals surface area contributed by atoms with Crippen LogP contribution in [0.1, 0.15) is 46.5 Å². The van der Waals surface area contributed by atoms with Crippen molar-refractivity contribution >= 4 is 0 Å². The summed E-state index contributed by atoms with van der Waals surface area (Å²) in [6.45, 7) is 5.66. The van der Waals surface area contributed by atoms with E-state index in [-0.39, 0.29) is 17.8 Å². The Kier molecular flexibility index (Phi) is 3.42. The van der Waals surface area contributed by atoms with Gasteiger partial charge in [-0.2, -0.15) is 0 Å². The number of hydrogen-bond donors (Lipinski definition) is 3. The lowest BCUT2D eigenvalue weighted by atomic mass is 9.58. The quantitative estimate of drug-likeness (QED) is 0.624. The molecule has 0 amide bonds. The van der Waals surface area contributed by atoms with Crippen molar-refractivity contribution in [2.45, 2.75) is 70.4 Å². The van der Waals surface area contributed by atoms with Crippen molar-refractivity contribution in [3.63, 3.8) is 0 Å². The first-order valence-electron chi connectivity index (χ1n) is 7.72. The van der Waals surface area contributed by atoms with E-state index in [2.05, 4.69) is 6.92 Å². The first-order chi connectivity index (χ1) is 9.25. The molecule has 2 heterocycles. The molecule has 3 aliphatic rings. The van der Waals surface area contributed by atoms with E-state index in [1.165, 1.54) is 0 Å². The Morgan fingerprint density at radius 1 is 1.05 bits per heavy atom. The Hall–Kier alpha value is -0.200. The van der Waals surface area contributed by atoms with E-state index in [4.69, 9.17) is 9.47 Å². The van der Waals surface area contributed by atoms with E-state index in [1.807, 2.05) is 6.92 Å². The summed E-state index contributed by atoms with van der Waals surface area (Å²) in [7, 11) is 0. The van der Waals surface area contributed by atoms with Gasteiger partial charge in [0.2, 0.25) is 0 Å². The zero-order valence-corrected chi connectivity index (χ0v) is 12.5. The van der Waals surface area contributed by atoms with Crippen molar-refractivity contribution in [1.29, 1.82) is 0 Å². The summed E-state index contributed by atoms with van der Waals surface area (Å²) in [5, 5.41) is 31.7. The third-order valence-corrected chi connectivity index (χ3v) is 5.81. The molecule has 0 unspecified atom stereocenters. The summed E-state index contributed by atoms with van der Waals surface area (Å²) in [5.41, 5.74) is -1.11. The molecule has 5 heteroatoms. The van der Waals surface area contributed by atoms with Crippen LogP contribution in [0.5, 0.6) is 0 Å². The van der Waals surface area contributed by atoms with Gasteiger partial charge >= 0.3 is 0 Å². The van der Waals surface area contributed by atoms with Crippen LogP contribution in [0, 0.1) is 23.7 Å². The van der Waals surface area contributed by atoms with Crippen LogP contribution >= 0.6 is 0 Å². The molecule has 20 heavy (non-hydrogen) atoms. The minimum Gasteiger partial charge on any atom is -0.384 e. The summed E-state index contributed by atoms with van der Waals surface area (Å²) in [4.78, 5) is 0. The van der Waals surface area contributed by atoms with Gasteiger partial charge in [-0.3, -0.25) is 0 Å². The molecular formula is C15H26O5. The molecule has 3 N–H and O–H groups in total. The monoisotopic (exact) mass is 286 g/mol. The fourth-order valence-electron chi connectivity index (χ4n) is 4.55. The van der Waals surface area contributed by atoms with Crippen molar-refractivity contribution in [1.82, 2.24) is 0 Å². The Bertz CT molecular complexity index is 384. The van der Waals surface area contributed by atoms with E-state index in [1.54, 1.807) is 6.92 Å². The highest BCUT2D eigenvalue weighted by atomic mass is 16.8. The number of rotatable bonds is 0. The molecule has 8 atom stereocenters. The van der Waals surface area contributed by atoms with Gasteiger partial charge in [-0.25, -0.2) is 0 Å². The van der Waals surface area contributed by atoms with E-state index in [0.29, 0.717) is 18.8 Å². The van der Waals surface area contributed by atoms with Crippen molar-refractivity contribution < 1.29 is 24.8 Å². The first-order valence-corrected chi connectivity index (χ1v) is 7.72. The highest BCUT2D eigenvalue weighted by molar-refractivity contribution is 5.06. The molecule has 2 aliphatic heterocycles. The van der Waals surface area contributed by atoms with Crippen LogP contribution in [-0.2, 0) is 9.47 Å². The molecule has 116 valence electrons. The fraction of sp³-hybridized carbons (Fsp3) is 1.00. The number of ether oxygens (including phenoxy) is 2. The van der Waals surface area contributed by atoms with Crippen LogP contribution in [0.25, 0.3) is 0 Å². The van der Waals surface area contributed by atoms with E-state index in [9.17, 15) is 15.3 Å². The van der Waals surface area contributed by atoms with Crippen LogP contribution in [0.4, 0.5) is 0 Å². The average molecular weight is 286 g/mol. The van der Waals surface area contributed by atoms with Crippen LogP contribution in [0.15, 0.2) is 0 Å². The predicted molar refractivity (Wildman–Crippen MR) is 71.3 cm³/mol. The largest absolute Gasteiger partial charge is 0.384 e. The number of hydrogen-bond acceptors (Lipinski definition) is 5. The topological polar surface area (TPSA) is 79.2 Å². The molecule has 3 fully saturated rings. The van der Waals surface area contributed by atoms with Crippen LogP contribution < -0.4 is 0 Å². The van der Waals surface area contributed by atoms with Crippen molar-refractivity contribution in [2.75, 3.05) is 0 Å². The summed E-state index contributed by atoms with van der Waals surface area (Å²) in [6.07, 6.45) is 1.17.